The molecule has 0 aliphatic carbocycles. The van der Waals surface area contributed by atoms with Gasteiger partial charge >= 0.3 is 0 Å². The third-order valence-electron chi connectivity index (χ3n) is 3.97. The summed E-state index contributed by atoms with van der Waals surface area (Å²) in [6.07, 6.45) is 2.12. The molecule has 0 spiro atoms. The van der Waals surface area contributed by atoms with Crippen LogP contribution in [0.4, 0.5) is 0 Å². The quantitative estimate of drug-likeness (QED) is 0.452. The summed E-state index contributed by atoms with van der Waals surface area (Å²) in [5.74, 6) is 0.644. The third-order valence-corrected chi connectivity index (χ3v) is 3.97. The first-order valence-electron chi connectivity index (χ1n) is 7.99. The maximum atomic E-state index is 6.03. The summed E-state index contributed by atoms with van der Waals surface area (Å²) in [6.45, 7) is 2.06. The number of aromatic nitrogens is 1. The Morgan fingerprint density at radius 1 is 0.875 bits per heavy atom. The Labute approximate surface area is 141 Å². The van der Waals surface area contributed by atoms with Crippen LogP contribution in [0.2, 0.25) is 0 Å². The maximum Gasteiger partial charge on any atom is 0.227 e. The molecule has 2 nitrogen and oxygen atoms in total. The molecular formula is C22H17NO. The topological polar surface area (TPSA) is 26.0 Å². The lowest BCUT2D eigenvalue weighted by Crippen LogP contribution is -1.88. The lowest BCUT2D eigenvalue weighted by Gasteiger charge is -2.04. The second-order valence-corrected chi connectivity index (χ2v) is 5.82. The van der Waals surface area contributed by atoms with Gasteiger partial charge in [0, 0.05) is 5.57 Å². The van der Waals surface area contributed by atoms with Crippen molar-refractivity contribution in [2.24, 2.45) is 0 Å². The van der Waals surface area contributed by atoms with Gasteiger partial charge in [0.15, 0.2) is 5.58 Å². The predicted octanol–water partition coefficient (Wildman–Crippen LogP) is 5.73. The molecular weight excluding hydrogens is 294 g/mol. The highest BCUT2D eigenvalue weighted by Crippen LogP contribution is 2.28. The standard InChI is InChI=1S/C22H17NO/c1-16-12-13-21-20(14-16)23-22(24-21)19(18-10-6-3-7-11-18)15-17-8-4-2-5-9-17/h2-15H,1H3. The van der Waals surface area contributed by atoms with Gasteiger partial charge in [-0.1, -0.05) is 66.7 Å². The Morgan fingerprint density at radius 2 is 1.58 bits per heavy atom. The average Bonchev–Trinajstić information content (AvgIpc) is 3.04. The van der Waals surface area contributed by atoms with Crippen molar-refractivity contribution < 1.29 is 4.42 Å². The Kier molecular flexibility index (Phi) is 3.72. The van der Waals surface area contributed by atoms with Crippen molar-refractivity contribution in [3.63, 3.8) is 0 Å². The van der Waals surface area contributed by atoms with Gasteiger partial charge in [0.1, 0.15) is 5.52 Å². The van der Waals surface area contributed by atoms with Gasteiger partial charge in [-0.15, -0.1) is 0 Å². The number of benzene rings is 3. The zero-order chi connectivity index (χ0) is 16.4. The van der Waals surface area contributed by atoms with Crippen molar-refractivity contribution in [2.45, 2.75) is 6.92 Å². The highest BCUT2D eigenvalue weighted by molar-refractivity contribution is 5.90. The fourth-order valence-corrected chi connectivity index (χ4v) is 2.75. The van der Waals surface area contributed by atoms with E-state index in [4.69, 9.17) is 9.40 Å². The lowest BCUT2D eigenvalue weighted by molar-refractivity contribution is 0.585. The first-order valence-corrected chi connectivity index (χ1v) is 7.99. The van der Waals surface area contributed by atoms with Crippen molar-refractivity contribution in [3.8, 4) is 0 Å². The minimum atomic E-state index is 0.644. The second-order valence-electron chi connectivity index (χ2n) is 5.82. The molecule has 0 amide bonds. The van der Waals surface area contributed by atoms with Crippen LogP contribution in [0, 0.1) is 6.92 Å². The molecule has 0 saturated carbocycles. The van der Waals surface area contributed by atoms with E-state index in [1.54, 1.807) is 0 Å². The van der Waals surface area contributed by atoms with Gasteiger partial charge in [-0.2, -0.15) is 0 Å². The Hall–Kier alpha value is -3.13. The molecule has 0 fully saturated rings. The Morgan fingerprint density at radius 3 is 2.33 bits per heavy atom. The van der Waals surface area contributed by atoms with Crippen LogP contribution in [0.15, 0.2) is 83.3 Å². The number of rotatable bonds is 3. The summed E-state index contributed by atoms with van der Waals surface area (Å²) in [5, 5.41) is 0. The number of nitrogens with zero attached hydrogens (tertiary/aromatic N) is 1. The zero-order valence-corrected chi connectivity index (χ0v) is 13.4. The monoisotopic (exact) mass is 311 g/mol. The van der Waals surface area contributed by atoms with Crippen molar-refractivity contribution >= 4 is 22.7 Å². The van der Waals surface area contributed by atoms with Crippen molar-refractivity contribution in [1.82, 2.24) is 4.98 Å². The van der Waals surface area contributed by atoms with Crippen LogP contribution in [0.1, 0.15) is 22.6 Å². The molecule has 1 heterocycles. The number of hydrogen-bond donors (Lipinski definition) is 0. The van der Waals surface area contributed by atoms with Crippen LogP contribution >= 0.6 is 0 Å². The van der Waals surface area contributed by atoms with E-state index in [0.717, 1.165) is 27.8 Å². The summed E-state index contributed by atoms with van der Waals surface area (Å²) >= 11 is 0. The fraction of sp³-hybridized carbons (Fsp3) is 0.0455. The molecule has 0 N–H and O–H groups in total. The minimum Gasteiger partial charge on any atom is -0.436 e. The smallest absolute Gasteiger partial charge is 0.227 e. The Balaban J connectivity index is 1.90. The van der Waals surface area contributed by atoms with Gasteiger partial charge < -0.3 is 4.42 Å². The van der Waals surface area contributed by atoms with E-state index in [0.29, 0.717) is 5.89 Å². The molecule has 0 atom stereocenters. The van der Waals surface area contributed by atoms with Gasteiger partial charge in [-0.25, -0.2) is 4.98 Å². The first-order chi connectivity index (χ1) is 11.8. The molecule has 0 unspecified atom stereocenters. The summed E-state index contributed by atoms with van der Waals surface area (Å²) < 4.78 is 6.03. The van der Waals surface area contributed by atoms with Crippen LogP contribution in [-0.4, -0.2) is 4.98 Å². The van der Waals surface area contributed by atoms with Crippen LogP contribution in [-0.2, 0) is 0 Å². The van der Waals surface area contributed by atoms with Crippen molar-refractivity contribution in [3.05, 3.63) is 101 Å². The average molecular weight is 311 g/mol. The van der Waals surface area contributed by atoms with Crippen molar-refractivity contribution in [2.75, 3.05) is 0 Å². The molecule has 4 rings (SSSR count). The summed E-state index contributed by atoms with van der Waals surface area (Å²) in [4.78, 5) is 4.71. The normalized spacial score (nSPS) is 11.8. The number of aryl methyl sites for hydroxylation is 1. The van der Waals surface area contributed by atoms with E-state index in [-0.39, 0.29) is 0 Å². The summed E-state index contributed by atoms with van der Waals surface area (Å²) in [7, 11) is 0. The SMILES string of the molecule is Cc1ccc2oc(C(=Cc3ccccc3)c3ccccc3)nc2c1. The Bertz CT molecular complexity index is 998. The van der Waals surface area contributed by atoms with E-state index in [9.17, 15) is 0 Å². The third kappa shape index (κ3) is 2.86. The highest BCUT2D eigenvalue weighted by Gasteiger charge is 2.13. The molecule has 3 aromatic carbocycles. The summed E-state index contributed by atoms with van der Waals surface area (Å²) in [5.41, 5.74) is 6.07. The molecule has 1 aromatic heterocycles. The van der Waals surface area contributed by atoms with Gasteiger partial charge in [-0.05, 0) is 41.8 Å². The minimum absolute atomic E-state index is 0.644. The molecule has 0 aliphatic rings. The largest absolute Gasteiger partial charge is 0.436 e. The van der Waals surface area contributed by atoms with E-state index in [1.807, 2.05) is 54.6 Å². The van der Waals surface area contributed by atoms with Gasteiger partial charge in [0.2, 0.25) is 5.89 Å². The zero-order valence-electron chi connectivity index (χ0n) is 13.4. The molecule has 0 bridgehead atoms. The molecule has 2 heteroatoms. The number of hydrogen-bond acceptors (Lipinski definition) is 2. The fourth-order valence-electron chi connectivity index (χ4n) is 2.75. The molecule has 24 heavy (non-hydrogen) atoms. The van der Waals surface area contributed by atoms with E-state index < -0.39 is 0 Å². The lowest BCUT2D eigenvalue weighted by atomic mass is 10.0. The van der Waals surface area contributed by atoms with Crippen LogP contribution in [0.25, 0.3) is 22.7 Å². The van der Waals surface area contributed by atoms with E-state index in [2.05, 4.69) is 37.3 Å². The van der Waals surface area contributed by atoms with E-state index in [1.165, 1.54) is 5.56 Å². The van der Waals surface area contributed by atoms with Gasteiger partial charge in [0.05, 0.1) is 0 Å². The number of oxazole rings is 1. The number of fused-ring (bicyclic) bond motifs is 1. The van der Waals surface area contributed by atoms with Crippen LogP contribution in [0.3, 0.4) is 0 Å². The molecule has 116 valence electrons. The predicted molar refractivity (Wildman–Crippen MR) is 98.6 cm³/mol. The molecule has 0 saturated heterocycles. The molecule has 0 aliphatic heterocycles. The van der Waals surface area contributed by atoms with Gasteiger partial charge in [0.25, 0.3) is 0 Å². The van der Waals surface area contributed by atoms with Crippen LogP contribution in [0.5, 0.6) is 0 Å². The second kappa shape index (κ2) is 6.17. The van der Waals surface area contributed by atoms with E-state index >= 15 is 0 Å². The van der Waals surface area contributed by atoms with Gasteiger partial charge in [-0.3, -0.25) is 0 Å². The van der Waals surface area contributed by atoms with Crippen molar-refractivity contribution in [1.29, 1.82) is 0 Å². The first kappa shape index (κ1) is 14.5. The molecule has 4 aromatic rings. The maximum absolute atomic E-state index is 6.03. The van der Waals surface area contributed by atoms with Crippen LogP contribution < -0.4 is 0 Å². The summed E-state index contributed by atoms with van der Waals surface area (Å²) in [6, 6.07) is 26.5. The molecule has 0 radical (unpaired) electrons. The highest BCUT2D eigenvalue weighted by atomic mass is 16.3.